The third-order valence-corrected chi connectivity index (χ3v) is 8.64. The van der Waals surface area contributed by atoms with E-state index in [2.05, 4.69) is 34.3 Å². The lowest BCUT2D eigenvalue weighted by Crippen LogP contribution is -2.48. The van der Waals surface area contributed by atoms with Gasteiger partial charge in [-0.15, -0.1) is 0 Å². The first kappa shape index (κ1) is 22.9. The molecule has 2 fully saturated rings. The van der Waals surface area contributed by atoms with Gasteiger partial charge in [-0.05, 0) is 32.3 Å². The van der Waals surface area contributed by atoms with Crippen LogP contribution in [-0.4, -0.2) is 77.5 Å². The van der Waals surface area contributed by atoms with Crippen molar-refractivity contribution in [3.63, 3.8) is 0 Å². The summed E-state index contributed by atoms with van der Waals surface area (Å²) in [6.07, 6.45) is 2.13. The van der Waals surface area contributed by atoms with Gasteiger partial charge in [0.1, 0.15) is 4.90 Å². The highest BCUT2D eigenvalue weighted by molar-refractivity contribution is 7.89. The second-order valence-corrected chi connectivity index (χ2v) is 10.6. The number of benzene rings is 1. The van der Waals surface area contributed by atoms with Gasteiger partial charge < -0.3 is 4.90 Å². The molecule has 9 heteroatoms. The summed E-state index contributed by atoms with van der Waals surface area (Å²) in [6, 6.07) is 10.4. The predicted molar refractivity (Wildman–Crippen MR) is 123 cm³/mol. The van der Waals surface area contributed by atoms with E-state index >= 15 is 0 Å². The van der Waals surface area contributed by atoms with Crippen LogP contribution >= 0.6 is 0 Å². The predicted octanol–water partition coefficient (Wildman–Crippen LogP) is 2.02. The number of rotatable bonds is 7. The fraction of sp³-hybridized carbons (Fsp3) is 0.565. The van der Waals surface area contributed by atoms with Crippen LogP contribution in [0.5, 0.6) is 0 Å². The molecular formula is C23H33N5O3S. The molecule has 2 aliphatic rings. The summed E-state index contributed by atoms with van der Waals surface area (Å²) in [5.74, 6) is 0.0980. The fourth-order valence-electron chi connectivity index (χ4n) is 4.69. The van der Waals surface area contributed by atoms with Crippen molar-refractivity contribution in [1.29, 1.82) is 0 Å². The van der Waals surface area contributed by atoms with E-state index in [0.29, 0.717) is 42.3 Å². The molecule has 3 heterocycles. The first-order valence-electron chi connectivity index (χ1n) is 11.4. The van der Waals surface area contributed by atoms with Gasteiger partial charge in [-0.3, -0.25) is 14.4 Å². The standard InChI is InChI=1S/C23H33N5O3S/c1-19-23(32(30,31)27-11-6-7-12-27)20(2)28(24-19)13-10-22(29)26-16-14-25(15-17-26)18-21-8-4-3-5-9-21/h3-5,8-9H,6-7,10-18H2,1-2H3. The van der Waals surface area contributed by atoms with Crippen LogP contribution in [-0.2, 0) is 27.9 Å². The van der Waals surface area contributed by atoms with Gasteiger partial charge in [-0.1, -0.05) is 30.3 Å². The Morgan fingerprint density at radius 2 is 1.62 bits per heavy atom. The van der Waals surface area contributed by atoms with E-state index < -0.39 is 10.0 Å². The Kier molecular flexibility index (Phi) is 6.97. The molecule has 2 saturated heterocycles. The Balaban J connectivity index is 1.32. The number of nitrogens with zero attached hydrogens (tertiary/aromatic N) is 5. The normalized spacial score (nSPS) is 18.4. The number of carbonyl (C=O) groups is 1. The molecule has 0 spiro atoms. The minimum Gasteiger partial charge on any atom is -0.340 e. The number of piperazine rings is 1. The topological polar surface area (TPSA) is 78.8 Å². The molecule has 2 aromatic rings. The summed E-state index contributed by atoms with van der Waals surface area (Å²) in [5, 5.41) is 4.46. The maximum atomic E-state index is 13.0. The van der Waals surface area contributed by atoms with Gasteiger partial charge in [0.25, 0.3) is 0 Å². The second kappa shape index (κ2) is 9.72. The summed E-state index contributed by atoms with van der Waals surface area (Å²) in [7, 11) is -3.52. The van der Waals surface area contributed by atoms with Crippen LogP contribution in [0, 0.1) is 13.8 Å². The average molecular weight is 460 g/mol. The molecule has 8 nitrogen and oxygen atoms in total. The zero-order valence-corrected chi connectivity index (χ0v) is 19.9. The number of hydrogen-bond acceptors (Lipinski definition) is 5. The summed E-state index contributed by atoms with van der Waals surface area (Å²) >= 11 is 0. The minimum atomic E-state index is -3.52. The van der Waals surface area contributed by atoms with Gasteiger partial charge in [0, 0.05) is 52.2 Å². The molecular weight excluding hydrogens is 426 g/mol. The Bertz CT molecular complexity index is 1040. The van der Waals surface area contributed by atoms with E-state index in [1.165, 1.54) is 5.56 Å². The van der Waals surface area contributed by atoms with Crippen LogP contribution in [0.4, 0.5) is 0 Å². The Hall–Kier alpha value is -2.23. The van der Waals surface area contributed by atoms with Crippen LogP contribution in [0.15, 0.2) is 35.2 Å². The number of carbonyl (C=O) groups excluding carboxylic acids is 1. The number of aromatic nitrogens is 2. The molecule has 0 N–H and O–H groups in total. The Morgan fingerprint density at radius 3 is 2.28 bits per heavy atom. The van der Waals surface area contributed by atoms with Gasteiger partial charge in [0.15, 0.2) is 0 Å². The summed E-state index contributed by atoms with van der Waals surface area (Å²) < 4.78 is 29.3. The Morgan fingerprint density at radius 1 is 0.969 bits per heavy atom. The summed E-state index contributed by atoms with van der Waals surface area (Å²) in [4.78, 5) is 17.4. The van der Waals surface area contributed by atoms with Crippen LogP contribution in [0.25, 0.3) is 0 Å². The van der Waals surface area contributed by atoms with Crippen LogP contribution < -0.4 is 0 Å². The van der Waals surface area contributed by atoms with Crippen molar-refractivity contribution in [1.82, 2.24) is 23.9 Å². The largest absolute Gasteiger partial charge is 0.340 e. The number of sulfonamides is 1. The van der Waals surface area contributed by atoms with E-state index in [-0.39, 0.29) is 5.91 Å². The monoisotopic (exact) mass is 459 g/mol. The van der Waals surface area contributed by atoms with Crippen molar-refractivity contribution in [2.75, 3.05) is 39.3 Å². The molecule has 1 aromatic heterocycles. The highest BCUT2D eigenvalue weighted by Gasteiger charge is 2.32. The van der Waals surface area contributed by atoms with Crippen molar-refractivity contribution in [2.45, 2.75) is 51.1 Å². The van der Waals surface area contributed by atoms with E-state index in [4.69, 9.17) is 0 Å². The fourth-order valence-corrected chi connectivity index (χ4v) is 6.58. The van der Waals surface area contributed by atoms with E-state index in [0.717, 1.165) is 45.6 Å². The lowest BCUT2D eigenvalue weighted by molar-refractivity contribution is -0.133. The molecule has 0 atom stereocenters. The average Bonchev–Trinajstić information content (AvgIpc) is 3.42. The third kappa shape index (κ3) is 4.89. The van der Waals surface area contributed by atoms with E-state index in [9.17, 15) is 13.2 Å². The molecule has 4 rings (SSSR count). The maximum absolute atomic E-state index is 13.0. The third-order valence-electron chi connectivity index (χ3n) is 6.49. The molecule has 1 aromatic carbocycles. The van der Waals surface area contributed by atoms with Gasteiger partial charge in [-0.2, -0.15) is 9.40 Å². The quantitative estimate of drug-likeness (QED) is 0.633. The van der Waals surface area contributed by atoms with Gasteiger partial charge in [-0.25, -0.2) is 8.42 Å². The maximum Gasteiger partial charge on any atom is 0.246 e. The molecule has 174 valence electrons. The zero-order valence-electron chi connectivity index (χ0n) is 19.0. The van der Waals surface area contributed by atoms with Crippen LogP contribution in [0.1, 0.15) is 36.2 Å². The lowest BCUT2D eigenvalue weighted by Gasteiger charge is -2.34. The molecule has 0 aliphatic carbocycles. The SMILES string of the molecule is Cc1nn(CCC(=O)N2CCN(Cc3ccccc3)CC2)c(C)c1S(=O)(=O)N1CCCC1. The molecule has 0 saturated carbocycles. The second-order valence-electron chi connectivity index (χ2n) is 8.73. The van der Waals surface area contributed by atoms with Gasteiger partial charge >= 0.3 is 0 Å². The summed E-state index contributed by atoms with van der Waals surface area (Å²) in [6.45, 7) is 9.12. The molecule has 1 amide bonds. The van der Waals surface area contributed by atoms with E-state index in [1.54, 1.807) is 22.8 Å². The number of amides is 1. The first-order valence-corrected chi connectivity index (χ1v) is 12.9. The van der Waals surface area contributed by atoms with Crippen LogP contribution in [0.2, 0.25) is 0 Å². The summed E-state index contributed by atoms with van der Waals surface area (Å²) in [5.41, 5.74) is 2.42. The Labute approximate surface area is 190 Å². The van der Waals surface area contributed by atoms with Gasteiger partial charge in [0.05, 0.1) is 17.9 Å². The van der Waals surface area contributed by atoms with Crippen molar-refractivity contribution in [3.05, 3.63) is 47.3 Å². The lowest BCUT2D eigenvalue weighted by atomic mass is 10.2. The highest BCUT2D eigenvalue weighted by atomic mass is 32.2. The molecule has 0 radical (unpaired) electrons. The molecule has 2 aliphatic heterocycles. The highest BCUT2D eigenvalue weighted by Crippen LogP contribution is 2.26. The van der Waals surface area contributed by atoms with Crippen LogP contribution in [0.3, 0.4) is 0 Å². The molecule has 0 unspecified atom stereocenters. The van der Waals surface area contributed by atoms with Crippen molar-refractivity contribution < 1.29 is 13.2 Å². The van der Waals surface area contributed by atoms with Crippen molar-refractivity contribution in [3.8, 4) is 0 Å². The molecule has 32 heavy (non-hydrogen) atoms. The first-order chi connectivity index (χ1) is 15.4. The van der Waals surface area contributed by atoms with Crippen molar-refractivity contribution in [2.24, 2.45) is 0 Å². The van der Waals surface area contributed by atoms with E-state index in [1.807, 2.05) is 11.0 Å². The zero-order chi connectivity index (χ0) is 22.7. The van der Waals surface area contributed by atoms with Crippen molar-refractivity contribution >= 4 is 15.9 Å². The number of hydrogen-bond donors (Lipinski definition) is 0. The molecule has 0 bridgehead atoms. The minimum absolute atomic E-state index is 0.0980. The number of aryl methyl sites for hydroxylation is 2. The smallest absolute Gasteiger partial charge is 0.246 e. The van der Waals surface area contributed by atoms with Gasteiger partial charge in [0.2, 0.25) is 15.9 Å².